The van der Waals surface area contributed by atoms with Gasteiger partial charge < -0.3 is 5.32 Å². The van der Waals surface area contributed by atoms with Crippen LogP contribution >= 0.6 is 11.3 Å². The zero-order valence-corrected chi connectivity index (χ0v) is 22.1. The second-order valence-electron chi connectivity index (χ2n) is 9.59. The Bertz CT molecular complexity index is 1830. The van der Waals surface area contributed by atoms with E-state index in [-0.39, 0.29) is 11.6 Å². The molecule has 0 aliphatic carbocycles. The van der Waals surface area contributed by atoms with Gasteiger partial charge in [-0.25, -0.2) is 14.4 Å². The number of rotatable bonds is 5. The van der Waals surface area contributed by atoms with E-state index >= 15 is 4.39 Å². The molecular formula is C29H23FN8OS. The van der Waals surface area contributed by atoms with E-state index < -0.39 is 11.7 Å². The van der Waals surface area contributed by atoms with Gasteiger partial charge in [0.25, 0.3) is 5.91 Å². The summed E-state index contributed by atoms with van der Waals surface area (Å²) in [6.07, 6.45) is 8.57. The lowest BCUT2D eigenvalue weighted by molar-refractivity contribution is 0.0967. The summed E-state index contributed by atoms with van der Waals surface area (Å²) in [6, 6.07) is 15.7. The molecule has 1 atom stereocenters. The van der Waals surface area contributed by atoms with Crippen molar-refractivity contribution in [1.29, 1.82) is 0 Å². The van der Waals surface area contributed by atoms with Gasteiger partial charge in [-0.1, -0.05) is 5.21 Å². The van der Waals surface area contributed by atoms with E-state index in [4.69, 9.17) is 0 Å². The third-order valence-corrected chi connectivity index (χ3v) is 8.24. The number of nitrogens with one attached hydrogen (secondary N) is 1. The number of fused-ring (bicyclic) bond motifs is 2. The Morgan fingerprint density at radius 2 is 1.98 bits per heavy atom. The van der Waals surface area contributed by atoms with Crippen molar-refractivity contribution in [2.75, 3.05) is 18.0 Å². The molecule has 6 aromatic rings. The second-order valence-corrected chi connectivity index (χ2v) is 10.7. The Labute approximate surface area is 232 Å². The van der Waals surface area contributed by atoms with Crippen LogP contribution in [-0.2, 0) is 0 Å². The molecule has 6 heterocycles. The molecule has 0 bridgehead atoms. The predicted molar refractivity (Wildman–Crippen MR) is 152 cm³/mol. The lowest BCUT2D eigenvalue weighted by Crippen LogP contribution is -2.49. The lowest BCUT2D eigenvalue weighted by atomic mass is 10.0. The Hall–Kier alpha value is -4.61. The lowest BCUT2D eigenvalue weighted by Gasteiger charge is -2.35. The van der Waals surface area contributed by atoms with Crippen molar-refractivity contribution in [3.05, 3.63) is 90.8 Å². The number of anilines is 1. The molecule has 1 aliphatic heterocycles. The van der Waals surface area contributed by atoms with E-state index in [0.717, 1.165) is 39.9 Å². The quantitative estimate of drug-likeness (QED) is 0.321. The number of amides is 1. The van der Waals surface area contributed by atoms with Crippen LogP contribution in [0.25, 0.3) is 37.4 Å². The first-order valence-corrected chi connectivity index (χ1v) is 13.8. The summed E-state index contributed by atoms with van der Waals surface area (Å²) in [5.74, 6) is -0.584. The first-order valence-electron chi connectivity index (χ1n) is 13.0. The zero-order chi connectivity index (χ0) is 27.1. The van der Waals surface area contributed by atoms with Crippen LogP contribution in [0.4, 0.5) is 10.2 Å². The van der Waals surface area contributed by atoms with Crippen LogP contribution in [0, 0.1) is 5.82 Å². The number of thiophene rings is 1. The SMILES string of the molecule is O=C(c1ccc(-n2nnc3cccnc32)cc1F)N(c1ncccc1-c1cc2cnccc2s1)[C@@H]1CCCNC1. The van der Waals surface area contributed by atoms with Gasteiger partial charge in [-0.2, -0.15) is 4.68 Å². The van der Waals surface area contributed by atoms with Crippen LogP contribution in [0.5, 0.6) is 0 Å². The molecule has 0 saturated carbocycles. The van der Waals surface area contributed by atoms with E-state index in [9.17, 15) is 4.79 Å². The molecule has 198 valence electrons. The summed E-state index contributed by atoms with van der Waals surface area (Å²) in [5, 5.41) is 12.6. The molecule has 5 aromatic heterocycles. The molecular weight excluding hydrogens is 527 g/mol. The largest absolute Gasteiger partial charge is 0.315 e. The molecule has 0 spiro atoms. The number of hydrogen-bond donors (Lipinski definition) is 1. The van der Waals surface area contributed by atoms with Crippen LogP contribution in [-0.4, -0.2) is 55.0 Å². The average molecular weight is 551 g/mol. The highest BCUT2D eigenvalue weighted by Gasteiger charge is 2.32. The number of halogens is 1. The highest BCUT2D eigenvalue weighted by molar-refractivity contribution is 7.22. The van der Waals surface area contributed by atoms with Gasteiger partial charge in [0.05, 0.1) is 17.3 Å². The zero-order valence-electron chi connectivity index (χ0n) is 21.2. The number of hydrogen-bond acceptors (Lipinski definition) is 8. The van der Waals surface area contributed by atoms with Crippen molar-refractivity contribution in [3.8, 4) is 16.1 Å². The molecule has 1 aliphatic rings. The van der Waals surface area contributed by atoms with Crippen molar-refractivity contribution in [2.45, 2.75) is 18.9 Å². The third kappa shape index (κ3) is 4.29. The van der Waals surface area contributed by atoms with E-state index in [1.54, 1.807) is 53.0 Å². The van der Waals surface area contributed by atoms with Gasteiger partial charge in [-0.15, -0.1) is 16.4 Å². The number of benzene rings is 1. The molecule has 7 rings (SSSR count). The number of piperidine rings is 1. The van der Waals surface area contributed by atoms with E-state index in [1.807, 2.05) is 24.4 Å². The fourth-order valence-electron chi connectivity index (χ4n) is 5.17. The Morgan fingerprint density at radius 1 is 1.07 bits per heavy atom. The molecule has 9 nitrogen and oxygen atoms in total. The minimum atomic E-state index is -0.652. The smallest absolute Gasteiger partial charge is 0.262 e. The van der Waals surface area contributed by atoms with E-state index in [1.165, 1.54) is 16.8 Å². The highest BCUT2D eigenvalue weighted by Crippen LogP contribution is 2.39. The maximum atomic E-state index is 15.7. The summed E-state index contributed by atoms with van der Waals surface area (Å²) >= 11 is 1.61. The third-order valence-electron chi connectivity index (χ3n) is 7.09. The normalized spacial score (nSPS) is 15.5. The maximum absolute atomic E-state index is 15.7. The van der Waals surface area contributed by atoms with Crippen molar-refractivity contribution in [1.82, 2.24) is 35.3 Å². The Kier molecular flexibility index (Phi) is 6.21. The van der Waals surface area contributed by atoms with Crippen LogP contribution < -0.4 is 10.2 Å². The maximum Gasteiger partial charge on any atom is 0.262 e. The van der Waals surface area contributed by atoms with Crippen LogP contribution in [0.1, 0.15) is 23.2 Å². The minimum Gasteiger partial charge on any atom is -0.315 e. The minimum absolute atomic E-state index is 0.0381. The molecule has 0 unspecified atom stereocenters. The molecule has 1 aromatic carbocycles. The second kappa shape index (κ2) is 10.2. The van der Waals surface area contributed by atoms with Gasteiger partial charge in [0.2, 0.25) is 0 Å². The van der Waals surface area contributed by atoms with Gasteiger partial charge in [0.15, 0.2) is 5.65 Å². The predicted octanol–water partition coefficient (Wildman–Crippen LogP) is 5.03. The summed E-state index contributed by atoms with van der Waals surface area (Å²) in [5.41, 5.74) is 2.31. The summed E-state index contributed by atoms with van der Waals surface area (Å²) in [4.78, 5) is 30.1. The molecule has 1 fully saturated rings. The van der Waals surface area contributed by atoms with Gasteiger partial charge in [-0.3, -0.25) is 14.7 Å². The van der Waals surface area contributed by atoms with Crippen molar-refractivity contribution in [3.63, 3.8) is 0 Å². The first-order chi connectivity index (χ1) is 19.7. The van der Waals surface area contributed by atoms with Crippen molar-refractivity contribution in [2.24, 2.45) is 0 Å². The van der Waals surface area contributed by atoms with Crippen molar-refractivity contribution >= 4 is 44.3 Å². The highest BCUT2D eigenvalue weighted by atomic mass is 32.1. The number of nitrogens with zero attached hydrogens (tertiary/aromatic N) is 7. The summed E-state index contributed by atoms with van der Waals surface area (Å²) in [6.45, 7) is 1.47. The standard InChI is InChI=1S/C29H23FN8OS/c30-23-15-19(38-28-24(35-36-38)6-3-12-34-28)7-8-21(23)29(39)37(20-4-1-10-31-17-20)27-22(5-2-11-33-27)26-14-18-16-32-13-9-25(18)40-26/h2-3,5-9,11-16,20,31H,1,4,10,17H2/t20-/m1/s1. The van der Waals surface area contributed by atoms with E-state index in [2.05, 4.69) is 36.6 Å². The van der Waals surface area contributed by atoms with Gasteiger partial charge >= 0.3 is 0 Å². The number of carbonyl (C=O) groups is 1. The number of aromatic nitrogens is 6. The Morgan fingerprint density at radius 3 is 2.83 bits per heavy atom. The topological polar surface area (TPSA) is 102 Å². The summed E-state index contributed by atoms with van der Waals surface area (Å²) in [7, 11) is 0. The number of pyridine rings is 3. The molecule has 1 saturated heterocycles. The number of carbonyl (C=O) groups excluding carboxylic acids is 1. The van der Waals surface area contributed by atoms with Crippen LogP contribution in [0.2, 0.25) is 0 Å². The molecule has 0 radical (unpaired) electrons. The first kappa shape index (κ1) is 24.4. The average Bonchev–Trinajstić information content (AvgIpc) is 3.63. The van der Waals surface area contributed by atoms with E-state index in [0.29, 0.717) is 29.2 Å². The van der Waals surface area contributed by atoms with Crippen LogP contribution in [0.15, 0.2) is 79.4 Å². The van der Waals surface area contributed by atoms with Crippen LogP contribution in [0.3, 0.4) is 0 Å². The van der Waals surface area contributed by atoms with Gasteiger partial charge in [0, 0.05) is 57.9 Å². The van der Waals surface area contributed by atoms with Gasteiger partial charge in [0.1, 0.15) is 17.2 Å². The molecule has 1 N–H and O–H groups in total. The Balaban J connectivity index is 1.31. The molecule has 40 heavy (non-hydrogen) atoms. The van der Waals surface area contributed by atoms with Gasteiger partial charge in [-0.05, 0) is 67.9 Å². The fraction of sp³-hybridized carbons (Fsp3) is 0.172. The summed E-state index contributed by atoms with van der Waals surface area (Å²) < 4.78 is 18.3. The monoisotopic (exact) mass is 550 g/mol. The molecule has 1 amide bonds. The molecule has 11 heteroatoms. The fourth-order valence-corrected chi connectivity index (χ4v) is 6.22. The van der Waals surface area contributed by atoms with Crippen molar-refractivity contribution < 1.29 is 9.18 Å².